The minimum absolute atomic E-state index is 0.106. The summed E-state index contributed by atoms with van der Waals surface area (Å²) in [6.45, 7) is 2.54. The number of nitrogens with one attached hydrogen (secondary N) is 2. The van der Waals surface area contributed by atoms with Crippen molar-refractivity contribution < 1.29 is 23.0 Å². The number of likely N-dealkylation sites (N-methyl/N-ethyl adjacent to an activating group) is 1. The fourth-order valence-corrected chi connectivity index (χ4v) is 4.26. The first-order chi connectivity index (χ1) is 16.8. The first-order valence-corrected chi connectivity index (χ1v) is 11.3. The van der Waals surface area contributed by atoms with Crippen molar-refractivity contribution in [2.45, 2.75) is 31.8 Å². The molecule has 0 atom stereocenters. The molecular formula is C25H25F2N5O3. The number of aromatic nitrogens is 2. The number of fused-ring (bicyclic) bond motifs is 1. The van der Waals surface area contributed by atoms with Gasteiger partial charge in [0, 0.05) is 29.8 Å². The van der Waals surface area contributed by atoms with Crippen molar-refractivity contribution in [2.75, 3.05) is 31.2 Å². The summed E-state index contributed by atoms with van der Waals surface area (Å²) < 4.78 is 41.4. The van der Waals surface area contributed by atoms with E-state index in [1.54, 1.807) is 20.0 Å². The van der Waals surface area contributed by atoms with Crippen molar-refractivity contribution in [3.05, 3.63) is 58.9 Å². The molecule has 2 aliphatic rings. The highest BCUT2D eigenvalue weighted by atomic mass is 19.1. The number of benzene rings is 2. The zero-order chi connectivity index (χ0) is 24.7. The van der Waals surface area contributed by atoms with Gasteiger partial charge in [-0.25, -0.2) is 18.7 Å². The van der Waals surface area contributed by atoms with Gasteiger partial charge in [0.1, 0.15) is 30.0 Å². The molecule has 0 saturated heterocycles. The van der Waals surface area contributed by atoms with Crippen molar-refractivity contribution in [1.82, 2.24) is 15.3 Å². The normalized spacial score (nSPS) is 15.0. The van der Waals surface area contributed by atoms with Crippen LogP contribution in [0.1, 0.15) is 34.3 Å². The Morgan fingerprint density at radius 2 is 2.06 bits per heavy atom. The van der Waals surface area contributed by atoms with Gasteiger partial charge in [0.05, 0.1) is 5.56 Å². The number of rotatable bonds is 7. The Morgan fingerprint density at radius 1 is 1.26 bits per heavy atom. The van der Waals surface area contributed by atoms with E-state index in [0.29, 0.717) is 30.7 Å². The Kier molecular flexibility index (Phi) is 5.76. The van der Waals surface area contributed by atoms with Gasteiger partial charge in [-0.2, -0.15) is 0 Å². The highest BCUT2D eigenvalue weighted by Crippen LogP contribution is 2.51. The average Bonchev–Trinajstić information content (AvgIpc) is 3.46. The Balaban J connectivity index is 1.46. The highest BCUT2D eigenvalue weighted by molar-refractivity contribution is 6.05. The smallest absolute Gasteiger partial charge is 0.258 e. The number of carbonyl (C=O) groups excluding carboxylic acids is 1. The summed E-state index contributed by atoms with van der Waals surface area (Å²) in [7, 11) is 1.78. The van der Waals surface area contributed by atoms with Crippen LogP contribution in [0.25, 0.3) is 11.3 Å². The van der Waals surface area contributed by atoms with E-state index >= 15 is 4.39 Å². The third kappa shape index (κ3) is 4.25. The van der Waals surface area contributed by atoms with Crippen LogP contribution < -0.4 is 25.8 Å². The highest BCUT2D eigenvalue weighted by Gasteiger charge is 2.51. The third-order valence-corrected chi connectivity index (χ3v) is 6.37. The van der Waals surface area contributed by atoms with Gasteiger partial charge >= 0.3 is 0 Å². The van der Waals surface area contributed by atoms with Gasteiger partial charge in [0.25, 0.3) is 5.91 Å². The molecule has 1 saturated carbocycles. The van der Waals surface area contributed by atoms with Gasteiger partial charge in [0.15, 0.2) is 23.1 Å². The van der Waals surface area contributed by atoms with E-state index in [1.165, 1.54) is 24.5 Å². The summed E-state index contributed by atoms with van der Waals surface area (Å²) in [4.78, 5) is 21.2. The summed E-state index contributed by atoms with van der Waals surface area (Å²) in [5.41, 5.74) is 7.60. The van der Waals surface area contributed by atoms with E-state index < -0.39 is 17.5 Å². The molecule has 0 unspecified atom stereocenters. The zero-order valence-corrected chi connectivity index (χ0v) is 19.4. The number of ether oxygens (including phenoxy) is 2. The van der Waals surface area contributed by atoms with E-state index in [2.05, 4.69) is 20.6 Å². The number of hydrogen-bond acceptors (Lipinski definition) is 7. The van der Waals surface area contributed by atoms with Gasteiger partial charge in [-0.1, -0.05) is 6.07 Å². The molecule has 0 bridgehead atoms. The standard InChI is InChI=1S/C25H25F2N5O3/c1-13-17(20-22(34-8-7-29-2)23(28)31-12-30-20)9-15(26)10-18(13)32-24(33)16-4-3-14-11-25(5-6-25)35-21(14)19(16)27/h3-4,9-10,12,29H,5-8,11H2,1-2H3,(H,32,33)(H2,28,30,31). The zero-order valence-electron chi connectivity index (χ0n) is 19.4. The minimum Gasteiger partial charge on any atom is -0.486 e. The molecule has 1 fully saturated rings. The molecule has 8 nitrogen and oxygen atoms in total. The number of nitrogen functional groups attached to an aromatic ring is 1. The minimum atomic E-state index is -0.710. The molecule has 1 amide bonds. The number of carbonyl (C=O) groups is 1. The monoisotopic (exact) mass is 481 g/mol. The lowest BCUT2D eigenvalue weighted by atomic mass is 10.0. The number of halogens is 2. The Morgan fingerprint density at radius 3 is 2.80 bits per heavy atom. The van der Waals surface area contributed by atoms with Crippen LogP contribution in [0.2, 0.25) is 0 Å². The molecule has 10 heteroatoms. The largest absolute Gasteiger partial charge is 0.486 e. The van der Waals surface area contributed by atoms with Crippen molar-refractivity contribution in [2.24, 2.45) is 0 Å². The molecule has 2 aromatic carbocycles. The number of nitrogens with two attached hydrogens (primary N) is 1. The van der Waals surface area contributed by atoms with E-state index in [-0.39, 0.29) is 39.9 Å². The Labute approximate surface area is 200 Å². The van der Waals surface area contributed by atoms with Crippen molar-refractivity contribution in [3.8, 4) is 22.8 Å². The number of nitrogens with zero attached hydrogens (tertiary/aromatic N) is 2. The lowest BCUT2D eigenvalue weighted by molar-refractivity contribution is 0.102. The first kappa shape index (κ1) is 23.0. The van der Waals surface area contributed by atoms with Crippen molar-refractivity contribution >= 4 is 17.4 Å². The molecule has 1 spiro atoms. The Hall–Kier alpha value is -3.79. The topological polar surface area (TPSA) is 111 Å². The summed E-state index contributed by atoms with van der Waals surface area (Å²) in [6, 6.07) is 5.59. The van der Waals surface area contributed by atoms with Gasteiger partial charge in [-0.05, 0) is 50.6 Å². The number of hydrogen-bond donors (Lipinski definition) is 3. The lowest BCUT2D eigenvalue weighted by Gasteiger charge is -2.17. The molecule has 1 aromatic heterocycles. The van der Waals surface area contributed by atoms with E-state index in [0.717, 1.165) is 18.4 Å². The predicted molar refractivity (Wildman–Crippen MR) is 127 cm³/mol. The van der Waals surface area contributed by atoms with E-state index in [1.807, 2.05) is 0 Å². The summed E-state index contributed by atoms with van der Waals surface area (Å²) in [5.74, 6) is -1.59. The van der Waals surface area contributed by atoms with Crippen LogP contribution in [-0.4, -0.2) is 41.7 Å². The summed E-state index contributed by atoms with van der Waals surface area (Å²) >= 11 is 0. The van der Waals surface area contributed by atoms with E-state index in [4.69, 9.17) is 15.2 Å². The van der Waals surface area contributed by atoms with Crippen molar-refractivity contribution in [3.63, 3.8) is 0 Å². The molecule has 1 aliphatic heterocycles. The van der Waals surface area contributed by atoms with Crippen LogP contribution >= 0.6 is 0 Å². The molecule has 3 aromatic rings. The third-order valence-electron chi connectivity index (χ3n) is 6.37. The van der Waals surface area contributed by atoms with Gasteiger partial charge in [0.2, 0.25) is 0 Å². The van der Waals surface area contributed by atoms with Crippen molar-refractivity contribution in [1.29, 1.82) is 0 Å². The lowest BCUT2D eigenvalue weighted by Crippen LogP contribution is -2.17. The second kappa shape index (κ2) is 8.77. The predicted octanol–water partition coefficient (Wildman–Crippen LogP) is 3.63. The molecule has 2 heterocycles. The molecule has 0 radical (unpaired) electrons. The van der Waals surface area contributed by atoms with Gasteiger partial charge in [-0.15, -0.1) is 0 Å². The average molecular weight is 482 g/mol. The van der Waals surface area contributed by atoms with Crippen LogP contribution in [0.15, 0.2) is 30.6 Å². The summed E-state index contributed by atoms with van der Waals surface area (Å²) in [5, 5.41) is 5.59. The van der Waals surface area contributed by atoms with Crippen LogP contribution in [0.5, 0.6) is 11.5 Å². The number of amides is 1. The second-order valence-electron chi connectivity index (χ2n) is 8.85. The maximum atomic E-state index is 15.2. The fraction of sp³-hybridized carbons (Fsp3) is 0.320. The first-order valence-electron chi connectivity index (χ1n) is 11.3. The molecule has 182 valence electrons. The number of anilines is 2. The maximum Gasteiger partial charge on any atom is 0.258 e. The SMILES string of the molecule is CNCCOc1c(N)ncnc1-c1cc(F)cc(NC(=O)c2ccc3c(c2F)OC2(CC2)C3)c1C. The summed E-state index contributed by atoms with van der Waals surface area (Å²) in [6.07, 6.45) is 3.66. The van der Waals surface area contributed by atoms with Gasteiger partial charge < -0.3 is 25.8 Å². The van der Waals surface area contributed by atoms with Crippen LogP contribution in [-0.2, 0) is 6.42 Å². The maximum absolute atomic E-state index is 15.2. The van der Waals surface area contributed by atoms with E-state index in [9.17, 15) is 9.18 Å². The molecular weight excluding hydrogens is 456 g/mol. The fourth-order valence-electron chi connectivity index (χ4n) is 4.26. The van der Waals surface area contributed by atoms with Gasteiger partial charge in [-0.3, -0.25) is 4.79 Å². The molecule has 4 N–H and O–H groups in total. The van der Waals surface area contributed by atoms with Crippen LogP contribution in [0.3, 0.4) is 0 Å². The molecule has 1 aliphatic carbocycles. The molecule has 35 heavy (non-hydrogen) atoms. The second-order valence-corrected chi connectivity index (χ2v) is 8.85. The Bertz CT molecular complexity index is 1330. The molecule has 5 rings (SSSR count). The van der Waals surface area contributed by atoms with Crippen LogP contribution in [0, 0.1) is 18.6 Å². The quantitative estimate of drug-likeness (QED) is 0.442. The van der Waals surface area contributed by atoms with Crippen LogP contribution in [0.4, 0.5) is 20.3 Å².